The molecule has 0 N–H and O–H groups in total. The molecule has 0 spiro atoms. The normalized spacial score (nSPS) is 18.6. The molecule has 1 aliphatic carbocycles. The maximum atomic E-state index is 13.3. The number of rotatable bonds is 4. The molecule has 4 rings (SSSR count). The van der Waals surface area contributed by atoms with Gasteiger partial charge in [-0.25, -0.2) is 4.98 Å². The number of piperazine rings is 1. The zero-order valence-electron chi connectivity index (χ0n) is 17.0. The number of anilines is 1. The predicted molar refractivity (Wildman–Crippen MR) is 109 cm³/mol. The highest BCUT2D eigenvalue weighted by molar-refractivity contribution is 6.03. The topological polar surface area (TPSA) is 72.0 Å². The van der Waals surface area contributed by atoms with Gasteiger partial charge in [0.2, 0.25) is 11.8 Å². The molecule has 1 aliphatic heterocycles. The monoisotopic (exact) mass is 395 g/mol. The summed E-state index contributed by atoms with van der Waals surface area (Å²) in [6.45, 7) is 2.34. The maximum absolute atomic E-state index is 13.3. The van der Waals surface area contributed by atoms with E-state index < -0.39 is 0 Å². The van der Waals surface area contributed by atoms with Crippen LogP contribution in [0.1, 0.15) is 35.0 Å². The van der Waals surface area contributed by atoms with E-state index in [0.29, 0.717) is 23.7 Å². The lowest BCUT2D eigenvalue weighted by Gasteiger charge is -2.39. The number of pyridine rings is 1. The van der Waals surface area contributed by atoms with Crippen molar-refractivity contribution in [2.75, 3.05) is 32.2 Å². The molecule has 7 nitrogen and oxygen atoms in total. The summed E-state index contributed by atoms with van der Waals surface area (Å²) in [5.74, 6) is 0.610. The number of methoxy groups -OCH3 is 2. The number of amides is 2. The molecule has 1 atom stereocenters. The Morgan fingerprint density at radius 3 is 2.72 bits per heavy atom. The molecule has 1 aromatic carbocycles. The third kappa shape index (κ3) is 3.41. The summed E-state index contributed by atoms with van der Waals surface area (Å²) in [5, 5.41) is 0. The van der Waals surface area contributed by atoms with Gasteiger partial charge in [0.05, 0.1) is 19.9 Å². The van der Waals surface area contributed by atoms with E-state index in [1.54, 1.807) is 16.9 Å². The summed E-state index contributed by atoms with van der Waals surface area (Å²) in [4.78, 5) is 34.1. The smallest absolute Gasteiger partial charge is 0.260 e. The zero-order chi connectivity index (χ0) is 20.5. The van der Waals surface area contributed by atoms with Crippen molar-refractivity contribution in [2.24, 2.45) is 0 Å². The minimum Gasteiger partial charge on any atom is -0.495 e. The summed E-state index contributed by atoms with van der Waals surface area (Å²) in [6, 6.07) is 9.14. The fourth-order valence-corrected chi connectivity index (χ4v) is 4.13. The first-order valence-corrected chi connectivity index (χ1v) is 9.84. The van der Waals surface area contributed by atoms with Crippen molar-refractivity contribution in [1.82, 2.24) is 9.88 Å². The SMILES string of the molecule is COc1ccccc1N1CC(C)N(C(=O)c2cc3c(nc2OC)CCC3)CC1=O. The standard InChI is InChI=1S/C22H25N3O4/c1-14-12-25(18-9-4-5-10-19(18)28-2)20(26)13-24(14)22(27)16-11-15-7-6-8-17(15)23-21(16)29-3/h4-5,9-11,14H,6-8,12-13H2,1-3H3. The molecular formula is C22H25N3O4. The average molecular weight is 395 g/mol. The molecule has 1 unspecified atom stereocenters. The Labute approximate surface area is 170 Å². The summed E-state index contributed by atoms with van der Waals surface area (Å²) in [5.41, 5.74) is 3.25. The van der Waals surface area contributed by atoms with Gasteiger partial charge in [-0.2, -0.15) is 0 Å². The molecule has 7 heteroatoms. The van der Waals surface area contributed by atoms with Crippen LogP contribution >= 0.6 is 0 Å². The number of carbonyl (C=O) groups excluding carboxylic acids is 2. The van der Waals surface area contributed by atoms with Crippen LogP contribution in [-0.2, 0) is 17.6 Å². The Bertz CT molecular complexity index is 959. The van der Waals surface area contributed by atoms with Crippen LogP contribution in [0.3, 0.4) is 0 Å². The van der Waals surface area contributed by atoms with Gasteiger partial charge in [0.1, 0.15) is 17.9 Å². The number of para-hydroxylation sites is 2. The molecule has 0 saturated carbocycles. The van der Waals surface area contributed by atoms with Gasteiger partial charge >= 0.3 is 0 Å². The Balaban J connectivity index is 1.60. The lowest BCUT2D eigenvalue weighted by atomic mass is 10.1. The van der Waals surface area contributed by atoms with Crippen molar-refractivity contribution in [3.8, 4) is 11.6 Å². The first kappa shape index (κ1) is 19.2. The molecule has 2 amide bonds. The van der Waals surface area contributed by atoms with Crippen LogP contribution in [-0.4, -0.2) is 55.0 Å². The highest BCUT2D eigenvalue weighted by atomic mass is 16.5. The van der Waals surface area contributed by atoms with Gasteiger partial charge in [-0.3, -0.25) is 9.59 Å². The van der Waals surface area contributed by atoms with Crippen LogP contribution in [0.15, 0.2) is 30.3 Å². The number of hydrogen-bond donors (Lipinski definition) is 0. The number of carbonyl (C=O) groups is 2. The van der Waals surface area contributed by atoms with E-state index >= 15 is 0 Å². The molecule has 1 aromatic heterocycles. The molecule has 1 saturated heterocycles. The van der Waals surface area contributed by atoms with E-state index in [1.165, 1.54) is 7.11 Å². The van der Waals surface area contributed by atoms with Gasteiger partial charge in [-0.1, -0.05) is 12.1 Å². The fraction of sp³-hybridized carbons (Fsp3) is 0.409. The predicted octanol–water partition coefficient (Wildman–Crippen LogP) is 2.47. The molecule has 0 bridgehead atoms. The number of aromatic nitrogens is 1. The van der Waals surface area contributed by atoms with Gasteiger partial charge < -0.3 is 19.3 Å². The Hall–Kier alpha value is -3.09. The van der Waals surface area contributed by atoms with Gasteiger partial charge in [0.25, 0.3) is 5.91 Å². The second-order valence-electron chi connectivity index (χ2n) is 7.46. The van der Waals surface area contributed by atoms with Crippen molar-refractivity contribution >= 4 is 17.5 Å². The van der Waals surface area contributed by atoms with Crippen LogP contribution in [0.25, 0.3) is 0 Å². The molecule has 152 valence electrons. The molecule has 2 aromatic rings. The third-order valence-electron chi connectivity index (χ3n) is 5.66. The number of aryl methyl sites for hydroxylation is 2. The summed E-state index contributed by atoms with van der Waals surface area (Å²) < 4.78 is 10.8. The second kappa shape index (κ2) is 7.73. The van der Waals surface area contributed by atoms with Crippen molar-refractivity contribution in [3.05, 3.63) is 47.2 Å². The highest BCUT2D eigenvalue weighted by Crippen LogP contribution is 2.32. The van der Waals surface area contributed by atoms with Crippen molar-refractivity contribution in [3.63, 3.8) is 0 Å². The van der Waals surface area contributed by atoms with E-state index in [2.05, 4.69) is 4.98 Å². The third-order valence-corrected chi connectivity index (χ3v) is 5.66. The van der Waals surface area contributed by atoms with Gasteiger partial charge in [-0.15, -0.1) is 0 Å². The van der Waals surface area contributed by atoms with E-state index in [-0.39, 0.29) is 24.4 Å². The first-order chi connectivity index (χ1) is 14.0. The lowest BCUT2D eigenvalue weighted by Crippen LogP contribution is -2.57. The van der Waals surface area contributed by atoms with E-state index in [0.717, 1.165) is 36.2 Å². The minimum absolute atomic E-state index is 0.00170. The summed E-state index contributed by atoms with van der Waals surface area (Å²) in [7, 11) is 3.11. The van der Waals surface area contributed by atoms with Crippen molar-refractivity contribution in [1.29, 1.82) is 0 Å². The van der Waals surface area contributed by atoms with Crippen LogP contribution in [0.4, 0.5) is 5.69 Å². The van der Waals surface area contributed by atoms with Gasteiger partial charge in [0.15, 0.2) is 0 Å². The average Bonchev–Trinajstić information content (AvgIpc) is 3.21. The number of fused-ring (bicyclic) bond motifs is 1. The maximum Gasteiger partial charge on any atom is 0.260 e. The number of ether oxygens (including phenoxy) is 2. The van der Waals surface area contributed by atoms with Gasteiger partial charge in [-0.05, 0) is 49.9 Å². The first-order valence-electron chi connectivity index (χ1n) is 9.84. The lowest BCUT2D eigenvalue weighted by molar-refractivity contribution is -0.121. The van der Waals surface area contributed by atoms with Gasteiger partial charge in [0, 0.05) is 18.3 Å². The van der Waals surface area contributed by atoms with E-state index in [9.17, 15) is 9.59 Å². The van der Waals surface area contributed by atoms with Crippen molar-refractivity contribution in [2.45, 2.75) is 32.2 Å². The zero-order valence-corrected chi connectivity index (χ0v) is 17.0. The molecule has 2 heterocycles. The second-order valence-corrected chi connectivity index (χ2v) is 7.46. The molecule has 29 heavy (non-hydrogen) atoms. The van der Waals surface area contributed by atoms with E-state index in [4.69, 9.17) is 9.47 Å². The fourth-order valence-electron chi connectivity index (χ4n) is 4.13. The Kier molecular flexibility index (Phi) is 5.13. The van der Waals surface area contributed by atoms with Crippen LogP contribution < -0.4 is 14.4 Å². The molecule has 1 fully saturated rings. The molecule has 2 aliphatic rings. The Morgan fingerprint density at radius 1 is 1.17 bits per heavy atom. The summed E-state index contributed by atoms with van der Waals surface area (Å²) >= 11 is 0. The van der Waals surface area contributed by atoms with Crippen LogP contribution in [0, 0.1) is 0 Å². The molecular weight excluding hydrogens is 370 g/mol. The van der Waals surface area contributed by atoms with Crippen LogP contribution in [0.2, 0.25) is 0 Å². The highest BCUT2D eigenvalue weighted by Gasteiger charge is 2.36. The largest absolute Gasteiger partial charge is 0.495 e. The summed E-state index contributed by atoms with van der Waals surface area (Å²) in [6.07, 6.45) is 2.87. The number of hydrogen-bond acceptors (Lipinski definition) is 5. The quantitative estimate of drug-likeness (QED) is 0.795. The minimum atomic E-state index is -0.218. The molecule has 0 radical (unpaired) electrons. The van der Waals surface area contributed by atoms with Crippen LogP contribution in [0.5, 0.6) is 11.6 Å². The van der Waals surface area contributed by atoms with Crippen molar-refractivity contribution < 1.29 is 19.1 Å². The number of nitrogens with zero attached hydrogens (tertiary/aromatic N) is 3. The van der Waals surface area contributed by atoms with E-state index in [1.807, 2.05) is 37.3 Å². The number of benzene rings is 1. The Morgan fingerprint density at radius 2 is 1.97 bits per heavy atom.